The molecule has 1 rings (SSSR count). The van der Waals surface area contributed by atoms with Crippen LogP contribution >= 0.6 is 0 Å². The monoisotopic (exact) mass is 296 g/mol. The van der Waals surface area contributed by atoms with Gasteiger partial charge in [-0.2, -0.15) is 0 Å². The Balaban J connectivity index is 2.48. The van der Waals surface area contributed by atoms with Gasteiger partial charge in [-0.3, -0.25) is 4.79 Å². The standard InChI is InChI=1S/C18H36N2O/c1-14(2)8-10-20(11-9-15(3)4)18(21)13-16-6-5-7-17(19)12-16/h14-17H,5-13,19H2,1-4H3. The lowest BCUT2D eigenvalue weighted by Crippen LogP contribution is -2.37. The largest absolute Gasteiger partial charge is 0.343 e. The minimum absolute atomic E-state index is 0.316. The van der Waals surface area contributed by atoms with Crippen LogP contribution in [0.4, 0.5) is 0 Å². The van der Waals surface area contributed by atoms with Crippen LogP contribution in [-0.4, -0.2) is 29.9 Å². The van der Waals surface area contributed by atoms with Gasteiger partial charge in [-0.25, -0.2) is 0 Å². The Bertz CT molecular complexity index is 290. The fourth-order valence-corrected chi connectivity index (χ4v) is 3.08. The van der Waals surface area contributed by atoms with Crippen LogP contribution in [0.25, 0.3) is 0 Å². The maximum absolute atomic E-state index is 12.6. The van der Waals surface area contributed by atoms with E-state index in [2.05, 4.69) is 32.6 Å². The normalized spacial score (nSPS) is 22.8. The molecule has 0 heterocycles. The number of amides is 1. The molecular weight excluding hydrogens is 260 g/mol. The van der Waals surface area contributed by atoms with Crippen LogP contribution in [0.5, 0.6) is 0 Å². The van der Waals surface area contributed by atoms with Gasteiger partial charge in [0.05, 0.1) is 0 Å². The molecule has 124 valence electrons. The first kappa shape index (κ1) is 18.5. The second-order valence-electron chi connectivity index (χ2n) is 7.74. The summed E-state index contributed by atoms with van der Waals surface area (Å²) in [5.74, 6) is 2.18. The van der Waals surface area contributed by atoms with E-state index in [1.165, 1.54) is 12.8 Å². The summed E-state index contributed by atoms with van der Waals surface area (Å²) in [6, 6.07) is 0.316. The van der Waals surface area contributed by atoms with Gasteiger partial charge in [0, 0.05) is 25.6 Å². The zero-order valence-electron chi connectivity index (χ0n) is 14.6. The van der Waals surface area contributed by atoms with Gasteiger partial charge in [0.25, 0.3) is 0 Å². The first-order valence-electron chi connectivity index (χ1n) is 8.91. The van der Waals surface area contributed by atoms with E-state index in [0.717, 1.165) is 38.8 Å². The zero-order chi connectivity index (χ0) is 15.8. The highest BCUT2D eigenvalue weighted by Gasteiger charge is 2.24. The van der Waals surface area contributed by atoms with Crippen molar-refractivity contribution in [3.63, 3.8) is 0 Å². The molecule has 1 aliphatic carbocycles. The van der Waals surface area contributed by atoms with E-state index < -0.39 is 0 Å². The van der Waals surface area contributed by atoms with E-state index in [1.54, 1.807) is 0 Å². The minimum atomic E-state index is 0.316. The van der Waals surface area contributed by atoms with E-state index in [0.29, 0.717) is 36.1 Å². The SMILES string of the molecule is CC(C)CCN(CCC(C)C)C(=O)CC1CCCC(N)C1. The number of rotatable bonds is 8. The summed E-state index contributed by atoms with van der Waals surface area (Å²) in [7, 11) is 0. The van der Waals surface area contributed by atoms with Crippen molar-refractivity contribution in [2.75, 3.05) is 13.1 Å². The van der Waals surface area contributed by atoms with E-state index in [1.807, 2.05) is 0 Å². The summed E-state index contributed by atoms with van der Waals surface area (Å²) >= 11 is 0. The van der Waals surface area contributed by atoms with Crippen molar-refractivity contribution in [2.45, 2.75) is 78.7 Å². The zero-order valence-corrected chi connectivity index (χ0v) is 14.6. The summed E-state index contributed by atoms with van der Waals surface area (Å²) in [6.07, 6.45) is 7.47. The van der Waals surface area contributed by atoms with Crippen molar-refractivity contribution in [3.05, 3.63) is 0 Å². The highest BCUT2D eigenvalue weighted by atomic mass is 16.2. The van der Waals surface area contributed by atoms with E-state index >= 15 is 0 Å². The van der Waals surface area contributed by atoms with Crippen molar-refractivity contribution in [1.29, 1.82) is 0 Å². The average Bonchev–Trinajstić information content (AvgIpc) is 2.37. The van der Waals surface area contributed by atoms with Crippen LogP contribution in [0, 0.1) is 17.8 Å². The van der Waals surface area contributed by atoms with E-state index in [4.69, 9.17) is 5.73 Å². The van der Waals surface area contributed by atoms with Crippen molar-refractivity contribution in [1.82, 2.24) is 4.90 Å². The number of nitrogens with two attached hydrogens (primary N) is 1. The minimum Gasteiger partial charge on any atom is -0.343 e. The predicted octanol–water partition coefficient (Wildman–Crippen LogP) is 3.81. The first-order valence-corrected chi connectivity index (χ1v) is 8.91. The fraction of sp³-hybridized carbons (Fsp3) is 0.944. The van der Waals surface area contributed by atoms with Crippen LogP contribution in [-0.2, 0) is 4.79 Å². The van der Waals surface area contributed by atoms with Crippen LogP contribution in [0.2, 0.25) is 0 Å². The molecule has 0 aromatic heterocycles. The van der Waals surface area contributed by atoms with Crippen LogP contribution in [0.3, 0.4) is 0 Å². The third kappa shape index (κ3) is 7.85. The fourth-order valence-electron chi connectivity index (χ4n) is 3.08. The van der Waals surface area contributed by atoms with Crippen LogP contribution in [0.15, 0.2) is 0 Å². The Labute approximate surface area is 131 Å². The lowest BCUT2D eigenvalue weighted by molar-refractivity contribution is -0.132. The van der Waals surface area contributed by atoms with Gasteiger partial charge in [-0.1, -0.05) is 34.1 Å². The van der Waals surface area contributed by atoms with E-state index in [-0.39, 0.29) is 0 Å². The van der Waals surface area contributed by atoms with Crippen molar-refractivity contribution < 1.29 is 4.79 Å². The number of carbonyl (C=O) groups excluding carboxylic acids is 1. The Morgan fingerprint density at radius 2 is 1.67 bits per heavy atom. The quantitative estimate of drug-likeness (QED) is 0.740. The number of hydrogen-bond donors (Lipinski definition) is 1. The Morgan fingerprint density at radius 1 is 1.10 bits per heavy atom. The molecule has 3 heteroatoms. The maximum atomic E-state index is 12.6. The highest BCUT2D eigenvalue weighted by Crippen LogP contribution is 2.26. The Kier molecular flexibility index (Phi) is 8.31. The van der Waals surface area contributed by atoms with Gasteiger partial charge in [-0.05, 0) is 49.9 Å². The number of carbonyl (C=O) groups is 1. The molecule has 0 radical (unpaired) electrons. The summed E-state index contributed by atoms with van der Waals surface area (Å²) in [4.78, 5) is 14.7. The summed E-state index contributed by atoms with van der Waals surface area (Å²) < 4.78 is 0. The lowest BCUT2D eigenvalue weighted by atomic mass is 9.84. The highest BCUT2D eigenvalue weighted by molar-refractivity contribution is 5.76. The molecule has 0 aliphatic heterocycles. The molecule has 1 amide bonds. The summed E-state index contributed by atoms with van der Waals surface area (Å²) in [5, 5.41) is 0. The Hall–Kier alpha value is -0.570. The molecule has 21 heavy (non-hydrogen) atoms. The third-order valence-electron chi connectivity index (χ3n) is 4.59. The van der Waals surface area contributed by atoms with Crippen LogP contribution < -0.4 is 5.73 Å². The van der Waals surface area contributed by atoms with Gasteiger partial charge in [-0.15, -0.1) is 0 Å². The first-order chi connectivity index (χ1) is 9.88. The van der Waals surface area contributed by atoms with Crippen molar-refractivity contribution in [2.24, 2.45) is 23.5 Å². The second-order valence-corrected chi connectivity index (χ2v) is 7.74. The summed E-state index contributed by atoms with van der Waals surface area (Å²) in [5.41, 5.74) is 6.05. The molecule has 0 spiro atoms. The van der Waals surface area contributed by atoms with Gasteiger partial charge < -0.3 is 10.6 Å². The third-order valence-corrected chi connectivity index (χ3v) is 4.59. The lowest BCUT2D eigenvalue weighted by Gasteiger charge is -2.30. The molecule has 0 bridgehead atoms. The average molecular weight is 296 g/mol. The van der Waals surface area contributed by atoms with Crippen molar-refractivity contribution >= 4 is 5.91 Å². The van der Waals surface area contributed by atoms with Gasteiger partial charge in [0.2, 0.25) is 5.91 Å². The molecule has 2 N–H and O–H groups in total. The molecule has 1 saturated carbocycles. The molecule has 0 aromatic rings. The Morgan fingerprint density at radius 3 is 2.14 bits per heavy atom. The van der Waals surface area contributed by atoms with E-state index in [9.17, 15) is 4.79 Å². The van der Waals surface area contributed by atoms with Gasteiger partial charge in [0.15, 0.2) is 0 Å². The van der Waals surface area contributed by atoms with Gasteiger partial charge >= 0.3 is 0 Å². The second kappa shape index (κ2) is 9.45. The van der Waals surface area contributed by atoms with Crippen LogP contribution in [0.1, 0.15) is 72.6 Å². The molecule has 0 aromatic carbocycles. The molecule has 3 nitrogen and oxygen atoms in total. The topological polar surface area (TPSA) is 46.3 Å². The molecule has 1 fully saturated rings. The number of nitrogens with zero attached hydrogens (tertiary/aromatic N) is 1. The molecule has 2 unspecified atom stereocenters. The number of hydrogen-bond acceptors (Lipinski definition) is 2. The van der Waals surface area contributed by atoms with Crippen molar-refractivity contribution in [3.8, 4) is 0 Å². The maximum Gasteiger partial charge on any atom is 0.222 e. The predicted molar refractivity (Wildman–Crippen MR) is 90.0 cm³/mol. The smallest absolute Gasteiger partial charge is 0.222 e. The molecular formula is C18H36N2O. The van der Waals surface area contributed by atoms with Gasteiger partial charge in [0.1, 0.15) is 0 Å². The molecule has 0 saturated heterocycles. The molecule has 1 aliphatic rings. The summed E-state index contributed by atoms with van der Waals surface area (Å²) in [6.45, 7) is 10.7. The molecule has 2 atom stereocenters.